The quantitative estimate of drug-likeness (QED) is 0.713. The molecule has 1 saturated heterocycles. The van der Waals surface area contributed by atoms with Crippen LogP contribution in [0.25, 0.3) is 0 Å². The molecule has 5 nitrogen and oxygen atoms in total. The van der Waals surface area contributed by atoms with Gasteiger partial charge in [-0.25, -0.2) is 4.98 Å². The Morgan fingerprint density at radius 1 is 0.897 bits per heavy atom. The summed E-state index contributed by atoms with van der Waals surface area (Å²) in [5, 5.41) is 3.39. The van der Waals surface area contributed by atoms with Crippen molar-refractivity contribution in [1.29, 1.82) is 0 Å². The first-order valence-electron chi connectivity index (χ1n) is 10.1. The number of anilines is 2. The normalized spacial score (nSPS) is 15.1. The zero-order chi connectivity index (χ0) is 20.1. The highest BCUT2D eigenvalue weighted by atomic mass is 16.2. The molecule has 1 fully saturated rings. The van der Waals surface area contributed by atoms with Crippen LogP contribution in [0.15, 0.2) is 79.0 Å². The fourth-order valence-electron chi connectivity index (χ4n) is 3.64. The molecule has 148 valence electrons. The van der Waals surface area contributed by atoms with E-state index in [1.807, 2.05) is 53.4 Å². The first-order valence-corrected chi connectivity index (χ1v) is 10.1. The van der Waals surface area contributed by atoms with Crippen LogP contribution >= 0.6 is 0 Å². The maximum Gasteiger partial charge on any atom is 0.255 e. The number of pyridine rings is 1. The van der Waals surface area contributed by atoms with Gasteiger partial charge in [0.05, 0.1) is 5.56 Å². The lowest BCUT2D eigenvalue weighted by Gasteiger charge is -2.36. The van der Waals surface area contributed by atoms with Crippen LogP contribution in [0.3, 0.4) is 0 Å². The van der Waals surface area contributed by atoms with Crippen LogP contribution in [0.5, 0.6) is 0 Å². The van der Waals surface area contributed by atoms with Crippen LogP contribution in [-0.4, -0.2) is 42.0 Å². The average molecular weight is 386 g/mol. The van der Waals surface area contributed by atoms with E-state index in [9.17, 15) is 4.79 Å². The second-order valence-electron chi connectivity index (χ2n) is 7.32. The Labute approximate surface area is 172 Å². The van der Waals surface area contributed by atoms with Gasteiger partial charge in [0.25, 0.3) is 5.91 Å². The Morgan fingerprint density at radius 2 is 1.55 bits per heavy atom. The van der Waals surface area contributed by atoms with Crippen LogP contribution < -0.4 is 10.2 Å². The third kappa shape index (κ3) is 4.57. The van der Waals surface area contributed by atoms with Gasteiger partial charge in [0.2, 0.25) is 0 Å². The summed E-state index contributed by atoms with van der Waals surface area (Å²) in [4.78, 5) is 21.5. The lowest BCUT2D eigenvalue weighted by Crippen LogP contribution is -2.48. The van der Waals surface area contributed by atoms with Gasteiger partial charge in [0, 0.05) is 44.1 Å². The number of rotatable bonds is 5. The number of aromatic nitrogens is 1. The lowest BCUT2D eigenvalue weighted by atomic mass is 10.1. The van der Waals surface area contributed by atoms with Crippen molar-refractivity contribution in [2.24, 2.45) is 0 Å². The van der Waals surface area contributed by atoms with Gasteiger partial charge in [0.15, 0.2) is 0 Å². The van der Waals surface area contributed by atoms with Crippen molar-refractivity contribution < 1.29 is 4.79 Å². The second kappa shape index (κ2) is 8.78. The Hall–Kier alpha value is -3.34. The summed E-state index contributed by atoms with van der Waals surface area (Å²) in [6.07, 6.45) is 1.67. The van der Waals surface area contributed by atoms with Gasteiger partial charge in [-0.2, -0.15) is 0 Å². The SMILES string of the molecule is CC(Nc1ccc(C(=O)N2CCN(c3ccccc3)CC2)cn1)c1ccccc1. The molecule has 0 aliphatic carbocycles. The van der Waals surface area contributed by atoms with Gasteiger partial charge in [-0.15, -0.1) is 0 Å². The Balaban J connectivity index is 1.34. The third-order valence-corrected chi connectivity index (χ3v) is 5.36. The summed E-state index contributed by atoms with van der Waals surface area (Å²) in [6.45, 7) is 5.23. The third-order valence-electron chi connectivity index (χ3n) is 5.36. The van der Waals surface area contributed by atoms with Crippen LogP contribution in [0.4, 0.5) is 11.5 Å². The molecule has 1 N–H and O–H groups in total. The molecule has 4 rings (SSSR count). The van der Waals surface area contributed by atoms with E-state index < -0.39 is 0 Å². The molecule has 1 unspecified atom stereocenters. The molecule has 1 amide bonds. The molecule has 0 radical (unpaired) electrons. The number of piperazine rings is 1. The van der Waals surface area contributed by atoms with Crippen molar-refractivity contribution >= 4 is 17.4 Å². The summed E-state index contributed by atoms with van der Waals surface area (Å²) < 4.78 is 0. The summed E-state index contributed by atoms with van der Waals surface area (Å²) in [6, 6.07) is 24.5. The lowest BCUT2D eigenvalue weighted by molar-refractivity contribution is 0.0746. The highest BCUT2D eigenvalue weighted by molar-refractivity contribution is 5.94. The van der Waals surface area contributed by atoms with E-state index in [0.717, 1.165) is 32.0 Å². The number of carbonyl (C=O) groups is 1. The van der Waals surface area contributed by atoms with Gasteiger partial charge in [-0.1, -0.05) is 48.5 Å². The molecular formula is C24H26N4O. The van der Waals surface area contributed by atoms with Crippen molar-refractivity contribution in [3.05, 3.63) is 90.1 Å². The fraction of sp³-hybridized carbons (Fsp3) is 0.250. The highest BCUT2D eigenvalue weighted by Gasteiger charge is 2.22. The van der Waals surface area contributed by atoms with E-state index in [0.29, 0.717) is 5.56 Å². The number of hydrogen-bond donors (Lipinski definition) is 1. The maximum absolute atomic E-state index is 12.8. The molecule has 1 aliphatic heterocycles. The molecule has 0 spiro atoms. The molecule has 0 bridgehead atoms. The van der Waals surface area contributed by atoms with Crippen LogP contribution in [-0.2, 0) is 0 Å². The van der Waals surface area contributed by atoms with Crippen molar-refractivity contribution in [2.75, 3.05) is 36.4 Å². The average Bonchev–Trinajstić information content (AvgIpc) is 2.80. The minimum absolute atomic E-state index is 0.0490. The minimum Gasteiger partial charge on any atom is -0.368 e. The summed E-state index contributed by atoms with van der Waals surface area (Å²) in [7, 11) is 0. The first-order chi connectivity index (χ1) is 14.2. The number of para-hydroxylation sites is 1. The topological polar surface area (TPSA) is 48.5 Å². The molecule has 2 aromatic carbocycles. The highest BCUT2D eigenvalue weighted by Crippen LogP contribution is 2.19. The van der Waals surface area contributed by atoms with Crippen molar-refractivity contribution in [3.8, 4) is 0 Å². The predicted octanol–water partition coefficient (Wildman–Crippen LogP) is 4.22. The zero-order valence-electron chi connectivity index (χ0n) is 16.7. The maximum atomic E-state index is 12.8. The summed E-state index contributed by atoms with van der Waals surface area (Å²) >= 11 is 0. The number of hydrogen-bond acceptors (Lipinski definition) is 4. The molecular weight excluding hydrogens is 360 g/mol. The smallest absolute Gasteiger partial charge is 0.255 e. The second-order valence-corrected chi connectivity index (χ2v) is 7.32. The Kier molecular flexibility index (Phi) is 5.75. The molecule has 29 heavy (non-hydrogen) atoms. The van der Waals surface area contributed by atoms with E-state index in [1.165, 1.54) is 11.3 Å². The standard InChI is InChI=1S/C24H26N4O/c1-19(20-8-4-2-5-9-20)26-23-13-12-21(18-25-23)24(29)28-16-14-27(15-17-28)22-10-6-3-7-11-22/h2-13,18-19H,14-17H2,1H3,(H,25,26). The number of benzene rings is 2. The van der Waals surface area contributed by atoms with Crippen LogP contribution in [0.2, 0.25) is 0 Å². The predicted molar refractivity (Wildman–Crippen MR) is 117 cm³/mol. The number of nitrogens with one attached hydrogen (secondary N) is 1. The van der Waals surface area contributed by atoms with Gasteiger partial charge in [-0.3, -0.25) is 4.79 Å². The van der Waals surface area contributed by atoms with E-state index in [1.54, 1.807) is 6.20 Å². The fourth-order valence-corrected chi connectivity index (χ4v) is 3.64. The number of nitrogens with zero attached hydrogens (tertiary/aromatic N) is 3. The molecule has 0 saturated carbocycles. The molecule has 1 aromatic heterocycles. The van der Waals surface area contributed by atoms with Gasteiger partial charge < -0.3 is 15.1 Å². The van der Waals surface area contributed by atoms with E-state index in [4.69, 9.17) is 0 Å². The molecule has 2 heterocycles. The Bertz CT molecular complexity index is 920. The Morgan fingerprint density at radius 3 is 2.17 bits per heavy atom. The molecule has 1 aliphatic rings. The summed E-state index contributed by atoms with van der Waals surface area (Å²) in [5.41, 5.74) is 3.05. The number of carbonyl (C=O) groups excluding carboxylic acids is 1. The number of amides is 1. The van der Waals surface area contributed by atoms with Gasteiger partial charge >= 0.3 is 0 Å². The largest absolute Gasteiger partial charge is 0.368 e. The zero-order valence-corrected chi connectivity index (χ0v) is 16.7. The van der Waals surface area contributed by atoms with Crippen LogP contribution in [0, 0.1) is 0 Å². The van der Waals surface area contributed by atoms with Crippen molar-refractivity contribution in [1.82, 2.24) is 9.88 Å². The molecule has 5 heteroatoms. The van der Waals surface area contributed by atoms with Gasteiger partial charge in [0.1, 0.15) is 5.82 Å². The van der Waals surface area contributed by atoms with Crippen molar-refractivity contribution in [2.45, 2.75) is 13.0 Å². The molecule has 3 aromatic rings. The monoisotopic (exact) mass is 386 g/mol. The van der Waals surface area contributed by atoms with Crippen molar-refractivity contribution in [3.63, 3.8) is 0 Å². The summed E-state index contributed by atoms with van der Waals surface area (Å²) in [5.74, 6) is 0.819. The van der Waals surface area contributed by atoms with Gasteiger partial charge in [-0.05, 0) is 36.8 Å². The van der Waals surface area contributed by atoms with E-state index >= 15 is 0 Å². The van der Waals surface area contributed by atoms with E-state index in [-0.39, 0.29) is 11.9 Å². The first kappa shape index (κ1) is 19.0. The minimum atomic E-state index is 0.0490. The van der Waals surface area contributed by atoms with Crippen LogP contribution in [0.1, 0.15) is 28.9 Å². The molecule has 1 atom stereocenters. The van der Waals surface area contributed by atoms with E-state index in [2.05, 4.69) is 46.4 Å².